The number of ketones is 1. The molecule has 1 atom stereocenters. The van der Waals surface area contributed by atoms with Crippen LogP contribution in [0.3, 0.4) is 0 Å². The average Bonchev–Trinajstić information content (AvgIpc) is 2.99. The third-order valence-electron chi connectivity index (χ3n) is 5.05. The van der Waals surface area contributed by atoms with Gasteiger partial charge < -0.3 is 15.1 Å². The largest absolute Gasteiger partial charge is 0.369 e. The van der Waals surface area contributed by atoms with E-state index >= 15 is 0 Å². The van der Waals surface area contributed by atoms with E-state index in [9.17, 15) is 4.79 Å². The van der Waals surface area contributed by atoms with E-state index in [4.69, 9.17) is 0 Å². The van der Waals surface area contributed by atoms with Gasteiger partial charge in [-0.05, 0) is 31.2 Å². The second kappa shape index (κ2) is 6.76. The Bertz CT molecular complexity index is 729. The number of para-hydroxylation sites is 1. The molecule has 1 N–H and O–H groups in total. The fraction of sp³-hybridized carbons (Fsp3) is 0.350. The van der Waals surface area contributed by atoms with Gasteiger partial charge in [0.25, 0.3) is 0 Å². The van der Waals surface area contributed by atoms with E-state index < -0.39 is 0 Å². The number of Topliss-reactive ketones (excluding diaryl/α,β-unsaturated/α-hetero) is 1. The number of nitrogens with zero attached hydrogens (tertiary/aromatic N) is 3. The molecule has 5 heteroatoms. The molecule has 0 radical (unpaired) electrons. The molecule has 0 bridgehead atoms. The maximum absolute atomic E-state index is 12.9. The van der Waals surface area contributed by atoms with Crippen LogP contribution < -0.4 is 10.2 Å². The van der Waals surface area contributed by atoms with Crippen LogP contribution in [0.2, 0.25) is 0 Å². The van der Waals surface area contributed by atoms with Crippen molar-refractivity contribution >= 4 is 11.5 Å². The summed E-state index contributed by atoms with van der Waals surface area (Å²) in [7, 11) is 0. The number of carbonyl (C=O) groups excluding carboxylic acids is 1. The van der Waals surface area contributed by atoms with Gasteiger partial charge in [0.05, 0.1) is 6.54 Å². The van der Waals surface area contributed by atoms with Gasteiger partial charge in [-0.2, -0.15) is 0 Å². The molecule has 1 saturated heterocycles. The van der Waals surface area contributed by atoms with Crippen molar-refractivity contribution in [3.63, 3.8) is 0 Å². The summed E-state index contributed by atoms with van der Waals surface area (Å²) >= 11 is 0. The standard InChI is InChI=1S/C20H24N4O/c1-16-20(24-10-6-5-9-19(24)21-16)18(25)15-22-11-13-23(14-12-22)17-7-3-2-4-8-17/h2-10,19,21H,11-15H2,1H3/t19-/m1/s1. The number of benzene rings is 1. The molecule has 0 unspecified atom stereocenters. The molecule has 0 saturated carbocycles. The first kappa shape index (κ1) is 16.0. The van der Waals surface area contributed by atoms with Crippen LogP contribution in [0.4, 0.5) is 5.69 Å². The maximum Gasteiger partial charge on any atom is 0.194 e. The molecule has 0 spiro atoms. The lowest BCUT2D eigenvalue weighted by Crippen LogP contribution is -2.48. The Balaban J connectivity index is 1.36. The zero-order valence-electron chi connectivity index (χ0n) is 14.6. The van der Waals surface area contributed by atoms with E-state index in [1.165, 1.54) is 5.69 Å². The van der Waals surface area contributed by atoms with E-state index in [-0.39, 0.29) is 11.9 Å². The summed E-state index contributed by atoms with van der Waals surface area (Å²) in [5.74, 6) is 0.195. The first-order valence-electron chi connectivity index (χ1n) is 8.89. The highest BCUT2D eigenvalue weighted by molar-refractivity contribution is 5.97. The number of hydrogen-bond donors (Lipinski definition) is 1. The summed E-state index contributed by atoms with van der Waals surface area (Å²) in [6.07, 6.45) is 8.12. The number of allylic oxidation sites excluding steroid dienone is 3. The van der Waals surface area contributed by atoms with Crippen molar-refractivity contribution in [1.29, 1.82) is 0 Å². The number of piperazine rings is 1. The van der Waals surface area contributed by atoms with Crippen LogP contribution >= 0.6 is 0 Å². The predicted molar refractivity (Wildman–Crippen MR) is 99.8 cm³/mol. The lowest BCUT2D eigenvalue weighted by atomic mass is 10.2. The van der Waals surface area contributed by atoms with Gasteiger partial charge >= 0.3 is 0 Å². The van der Waals surface area contributed by atoms with Crippen molar-refractivity contribution in [2.75, 3.05) is 37.6 Å². The third kappa shape index (κ3) is 3.20. The molecule has 3 heterocycles. The lowest BCUT2D eigenvalue weighted by Gasteiger charge is -2.36. The van der Waals surface area contributed by atoms with E-state index in [0.29, 0.717) is 6.54 Å². The van der Waals surface area contributed by atoms with Crippen LogP contribution in [0.5, 0.6) is 0 Å². The average molecular weight is 336 g/mol. The van der Waals surface area contributed by atoms with E-state index in [1.54, 1.807) is 0 Å². The summed E-state index contributed by atoms with van der Waals surface area (Å²) in [4.78, 5) is 19.6. The minimum Gasteiger partial charge on any atom is -0.369 e. The van der Waals surface area contributed by atoms with E-state index in [0.717, 1.165) is 37.6 Å². The van der Waals surface area contributed by atoms with E-state index in [2.05, 4.69) is 45.5 Å². The Hall–Kier alpha value is -2.53. The van der Waals surface area contributed by atoms with Gasteiger partial charge in [0.2, 0.25) is 0 Å². The number of rotatable bonds is 4. The number of hydrogen-bond acceptors (Lipinski definition) is 5. The molecule has 0 aliphatic carbocycles. The Morgan fingerprint density at radius 3 is 2.64 bits per heavy atom. The number of anilines is 1. The SMILES string of the molecule is CC1=C(C(=O)CN2CCN(c3ccccc3)CC2)N2C=CC=C[C@@H]2N1. The minimum atomic E-state index is 0.0823. The zero-order chi connectivity index (χ0) is 17.2. The molecule has 4 rings (SSSR count). The second-order valence-corrected chi connectivity index (χ2v) is 6.72. The van der Waals surface area contributed by atoms with Crippen LogP contribution in [0.15, 0.2) is 66.2 Å². The Morgan fingerprint density at radius 1 is 1.12 bits per heavy atom. The summed E-state index contributed by atoms with van der Waals surface area (Å²) in [5, 5.41) is 3.37. The van der Waals surface area contributed by atoms with Crippen molar-refractivity contribution in [3.05, 3.63) is 66.2 Å². The molecule has 25 heavy (non-hydrogen) atoms. The quantitative estimate of drug-likeness (QED) is 0.910. The fourth-order valence-electron chi connectivity index (χ4n) is 3.75. The third-order valence-corrected chi connectivity index (χ3v) is 5.05. The molecule has 3 aliphatic rings. The number of fused-ring (bicyclic) bond motifs is 1. The lowest BCUT2D eigenvalue weighted by molar-refractivity contribution is -0.118. The minimum absolute atomic E-state index is 0.0823. The number of carbonyl (C=O) groups is 1. The van der Waals surface area contributed by atoms with Crippen molar-refractivity contribution in [3.8, 4) is 0 Å². The molecule has 130 valence electrons. The van der Waals surface area contributed by atoms with Crippen molar-refractivity contribution in [2.24, 2.45) is 0 Å². The Kier molecular flexibility index (Phi) is 4.32. The van der Waals surface area contributed by atoms with Crippen LogP contribution in [0, 0.1) is 0 Å². The van der Waals surface area contributed by atoms with Gasteiger partial charge in [-0.1, -0.05) is 24.3 Å². The Labute approximate surface area is 148 Å². The second-order valence-electron chi connectivity index (χ2n) is 6.72. The summed E-state index contributed by atoms with van der Waals surface area (Å²) in [5.41, 5.74) is 3.03. The summed E-state index contributed by atoms with van der Waals surface area (Å²) in [6.45, 7) is 6.22. The van der Waals surface area contributed by atoms with Crippen LogP contribution in [-0.2, 0) is 4.79 Å². The van der Waals surface area contributed by atoms with Crippen LogP contribution in [0.1, 0.15) is 6.92 Å². The Morgan fingerprint density at radius 2 is 1.88 bits per heavy atom. The summed E-state index contributed by atoms with van der Waals surface area (Å²) in [6, 6.07) is 10.5. The molecular weight excluding hydrogens is 312 g/mol. The molecule has 0 aromatic heterocycles. The van der Waals surface area contributed by atoms with Crippen LogP contribution in [0.25, 0.3) is 0 Å². The van der Waals surface area contributed by atoms with Gasteiger partial charge in [0, 0.05) is 43.8 Å². The first-order valence-corrected chi connectivity index (χ1v) is 8.89. The first-order chi connectivity index (χ1) is 12.2. The van der Waals surface area contributed by atoms with Crippen LogP contribution in [-0.4, -0.2) is 54.5 Å². The molecule has 1 fully saturated rings. The van der Waals surface area contributed by atoms with Gasteiger partial charge in [0.1, 0.15) is 11.9 Å². The monoisotopic (exact) mass is 336 g/mol. The molecular formula is C20H24N4O. The smallest absolute Gasteiger partial charge is 0.194 e. The fourth-order valence-corrected chi connectivity index (χ4v) is 3.75. The van der Waals surface area contributed by atoms with Gasteiger partial charge in [-0.15, -0.1) is 0 Å². The normalized spacial score (nSPS) is 23.0. The molecule has 3 aliphatic heterocycles. The molecule has 1 aromatic carbocycles. The van der Waals surface area contributed by atoms with Gasteiger partial charge in [-0.25, -0.2) is 0 Å². The van der Waals surface area contributed by atoms with Crippen molar-refractivity contribution in [2.45, 2.75) is 13.1 Å². The molecule has 5 nitrogen and oxygen atoms in total. The highest BCUT2D eigenvalue weighted by Crippen LogP contribution is 2.25. The molecule has 1 aromatic rings. The predicted octanol–water partition coefficient (Wildman–Crippen LogP) is 1.92. The topological polar surface area (TPSA) is 38.8 Å². The molecule has 0 amide bonds. The van der Waals surface area contributed by atoms with Crippen molar-refractivity contribution in [1.82, 2.24) is 15.1 Å². The zero-order valence-corrected chi connectivity index (χ0v) is 14.6. The van der Waals surface area contributed by atoms with Gasteiger partial charge in [0.15, 0.2) is 5.78 Å². The maximum atomic E-state index is 12.9. The number of nitrogens with one attached hydrogen (secondary N) is 1. The van der Waals surface area contributed by atoms with Gasteiger partial charge in [-0.3, -0.25) is 9.69 Å². The highest BCUT2D eigenvalue weighted by Gasteiger charge is 2.32. The van der Waals surface area contributed by atoms with Crippen molar-refractivity contribution < 1.29 is 4.79 Å². The summed E-state index contributed by atoms with van der Waals surface area (Å²) < 4.78 is 0. The highest BCUT2D eigenvalue weighted by atomic mass is 16.1. The van der Waals surface area contributed by atoms with E-state index in [1.807, 2.05) is 36.2 Å².